The SMILES string of the molecule is Cc1ccc(C2=C(c3ccc(C)cc3)[C@@]3(c4ccccc4)C(=O)[C@@]2(c2ccccc2)[C@H]2C(=O)N(c4ccc(C)cc4[N+](=O)[O-])C(=O)[C@@H]23)cc1. The number of nitrogens with zero attached hydrogens (tertiary/aromatic N) is 2. The molecule has 8 rings (SSSR count). The standard InChI is InChI=1S/C42H32N2O5/c1-25-14-19-28(20-15-25)34-35(29-21-16-26(2)17-22-29)42(31-12-8-5-9-13-31)37-36(41(34,40(42)47)30-10-6-4-7-11-30)38(45)43(39(37)46)32-23-18-27(3)24-33(32)44(48)49/h4-24,36-37H,1-3H3/t36-,37-,41-,42-/m1/s1. The van der Waals surface area contributed by atoms with Crippen molar-refractivity contribution in [1.29, 1.82) is 0 Å². The van der Waals surface area contributed by atoms with E-state index < -0.39 is 39.4 Å². The van der Waals surface area contributed by atoms with Gasteiger partial charge in [-0.05, 0) is 65.8 Å². The maximum atomic E-state index is 16.0. The Bertz CT molecular complexity index is 2120. The topological polar surface area (TPSA) is 97.6 Å². The number of imide groups is 1. The summed E-state index contributed by atoms with van der Waals surface area (Å²) in [6.45, 7) is 5.70. The Morgan fingerprint density at radius 3 is 1.39 bits per heavy atom. The molecule has 0 aromatic heterocycles. The van der Waals surface area contributed by atoms with Crippen molar-refractivity contribution in [1.82, 2.24) is 0 Å². The molecule has 4 atom stereocenters. The van der Waals surface area contributed by atoms with E-state index in [4.69, 9.17) is 0 Å². The van der Waals surface area contributed by atoms with Crippen molar-refractivity contribution in [3.8, 4) is 0 Å². The van der Waals surface area contributed by atoms with Gasteiger partial charge in [0.25, 0.3) is 5.69 Å². The maximum absolute atomic E-state index is 16.0. The summed E-state index contributed by atoms with van der Waals surface area (Å²) >= 11 is 0. The molecule has 5 aromatic carbocycles. The number of nitro benzene ring substituents is 1. The van der Waals surface area contributed by atoms with Crippen LogP contribution in [0.15, 0.2) is 127 Å². The van der Waals surface area contributed by atoms with Gasteiger partial charge in [0.1, 0.15) is 5.69 Å². The lowest BCUT2D eigenvalue weighted by molar-refractivity contribution is -0.384. The normalized spacial score (nSPS) is 24.1. The number of carbonyl (C=O) groups excluding carboxylic acids is 3. The molecule has 3 aliphatic rings. The molecular formula is C42H32N2O5. The summed E-state index contributed by atoms with van der Waals surface area (Å²) in [7, 11) is 0. The molecule has 2 aliphatic carbocycles. The summed E-state index contributed by atoms with van der Waals surface area (Å²) < 4.78 is 0. The molecule has 0 spiro atoms. The van der Waals surface area contributed by atoms with Gasteiger partial charge < -0.3 is 0 Å². The molecule has 2 bridgehead atoms. The first kappa shape index (κ1) is 30.4. The molecule has 5 aromatic rings. The number of Topliss-reactive ketones (excluding diaryl/α,β-unsaturated/α-hetero) is 1. The van der Waals surface area contributed by atoms with Gasteiger partial charge in [-0.3, -0.25) is 24.5 Å². The van der Waals surface area contributed by atoms with E-state index in [0.29, 0.717) is 27.8 Å². The Morgan fingerprint density at radius 2 is 0.980 bits per heavy atom. The molecule has 7 heteroatoms. The van der Waals surface area contributed by atoms with Gasteiger partial charge in [-0.1, -0.05) is 126 Å². The summed E-state index contributed by atoms with van der Waals surface area (Å²) in [4.78, 5) is 59.1. The van der Waals surface area contributed by atoms with E-state index >= 15 is 14.4 Å². The van der Waals surface area contributed by atoms with Gasteiger partial charge in [-0.15, -0.1) is 0 Å². The van der Waals surface area contributed by atoms with E-state index in [1.165, 1.54) is 12.1 Å². The maximum Gasteiger partial charge on any atom is 0.293 e. The smallest absolute Gasteiger partial charge is 0.293 e. The van der Waals surface area contributed by atoms with Crippen LogP contribution in [0.2, 0.25) is 0 Å². The van der Waals surface area contributed by atoms with E-state index in [-0.39, 0.29) is 17.2 Å². The molecule has 0 N–H and O–H groups in total. The van der Waals surface area contributed by atoms with Crippen molar-refractivity contribution in [3.05, 3.63) is 176 Å². The fourth-order valence-corrected chi connectivity index (χ4v) is 8.77. The summed E-state index contributed by atoms with van der Waals surface area (Å²) in [5.74, 6) is -3.81. The number of allylic oxidation sites excluding steroid dienone is 2. The minimum Gasteiger partial charge on any atom is -0.297 e. The summed E-state index contributed by atoms with van der Waals surface area (Å²) in [6, 6.07) is 38.9. The molecule has 1 saturated carbocycles. The number of hydrogen-bond acceptors (Lipinski definition) is 5. The lowest BCUT2D eigenvalue weighted by atomic mass is 9.59. The summed E-state index contributed by atoms with van der Waals surface area (Å²) in [6.07, 6.45) is 0. The fraction of sp³-hybridized carbons (Fsp3) is 0.167. The molecule has 1 saturated heterocycles. The van der Waals surface area contributed by atoms with Gasteiger partial charge in [-0.2, -0.15) is 0 Å². The van der Waals surface area contributed by atoms with Gasteiger partial charge >= 0.3 is 0 Å². The number of benzene rings is 5. The molecular weight excluding hydrogens is 612 g/mol. The third-order valence-corrected chi connectivity index (χ3v) is 10.7. The number of fused-ring (bicyclic) bond motifs is 5. The minimum atomic E-state index is -1.59. The van der Waals surface area contributed by atoms with Crippen molar-refractivity contribution >= 4 is 40.1 Å². The number of rotatable bonds is 6. The van der Waals surface area contributed by atoms with E-state index in [0.717, 1.165) is 27.2 Å². The Labute approximate surface area is 283 Å². The Kier molecular flexibility index (Phi) is 6.69. The zero-order chi connectivity index (χ0) is 34.2. The van der Waals surface area contributed by atoms with Gasteiger partial charge in [0.15, 0.2) is 5.78 Å². The molecule has 2 fully saturated rings. The number of amides is 2. The van der Waals surface area contributed by atoms with Gasteiger partial charge in [-0.25, -0.2) is 4.90 Å². The van der Waals surface area contributed by atoms with E-state index in [1.807, 2.05) is 123 Å². The van der Waals surface area contributed by atoms with Crippen LogP contribution in [-0.4, -0.2) is 22.5 Å². The molecule has 0 unspecified atom stereocenters. The molecule has 240 valence electrons. The number of anilines is 1. The minimum absolute atomic E-state index is 0.0907. The van der Waals surface area contributed by atoms with Crippen LogP contribution < -0.4 is 4.90 Å². The highest BCUT2D eigenvalue weighted by Crippen LogP contribution is 2.74. The second kappa shape index (κ2) is 10.8. The highest BCUT2D eigenvalue weighted by atomic mass is 16.6. The Hall–Kier alpha value is -5.95. The van der Waals surface area contributed by atoms with E-state index in [9.17, 15) is 10.1 Å². The van der Waals surface area contributed by atoms with Crippen LogP contribution in [-0.2, 0) is 25.2 Å². The average Bonchev–Trinajstić information content (AvgIpc) is 3.62. The van der Waals surface area contributed by atoms with Crippen LogP contribution in [0.25, 0.3) is 11.1 Å². The lowest BCUT2D eigenvalue weighted by Crippen LogP contribution is -2.45. The van der Waals surface area contributed by atoms with E-state index in [2.05, 4.69) is 0 Å². The highest BCUT2D eigenvalue weighted by Gasteiger charge is 2.83. The molecule has 49 heavy (non-hydrogen) atoms. The van der Waals surface area contributed by atoms with E-state index in [1.54, 1.807) is 13.0 Å². The first-order valence-electron chi connectivity index (χ1n) is 16.3. The van der Waals surface area contributed by atoms with Crippen molar-refractivity contribution in [2.75, 3.05) is 4.90 Å². The number of ketones is 1. The highest BCUT2D eigenvalue weighted by molar-refractivity contribution is 6.39. The Morgan fingerprint density at radius 1 is 0.571 bits per heavy atom. The number of hydrogen-bond donors (Lipinski definition) is 0. The second-order valence-corrected chi connectivity index (χ2v) is 13.4. The predicted octanol–water partition coefficient (Wildman–Crippen LogP) is 7.71. The van der Waals surface area contributed by atoms with Crippen LogP contribution in [0.1, 0.15) is 38.9 Å². The van der Waals surface area contributed by atoms with Crippen LogP contribution in [0, 0.1) is 42.7 Å². The van der Waals surface area contributed by atoms with Crippen molar-refractivity contribution in [2.45, 2.75) is 31.6 Å². The number of carbonyl (C=O) groups is 3. The van der Waals surface area contributed by atoms with Crippen molar-refractivity contribution in [2.24, 2.45) is 11.8 Å². The van der Waals surface area contributed by atoms with Crippen molar-refractivity contribution in [3.63, 3.8) is 0 Å². The van der Waals surface area contributed by atoms with Gasteiger partial charge in [0.2, 0.25) is 11.8 Å². The summed E-state index contributed by atoms with van der Waals surface area (Å²) in [5, 5.41) is 12.4. The average molecular weight is 645 g/mol. The fourth-order valence-electron chi connectivity index (χ4n) is 8.77. The molecule has 2 amide bonds. The largest absolute Gasteiger partial charge is 0.297 e. The Balaban J connectivity index is 1.55. The van der Waals surface area contributed by atoms with Crippen LogP contribution >= 0.6 is 0 Å². The third kappa shape index (κ3) is 3.93. The molecule has 7 nitrogen and oxygen atoms in total. The van der Waals surface area contributed by atoms with Crippen LogP contribution in [0.3, 0.4) is 0 Å². The third-order valence-electron chi connectivity index (χ3n) is 10.7. The monoisotopic (exact) mass is 644 g/mol. The molecule has 1 aliphatic heterocycles. The first-order chi connectivity index (χ1) is 23.6. The number of nitro groups is 1. The van der Waals surface area contributed by atoms with Gasteiger partial charge in [0.05, 0.1) is 27.6 Å². The molecule has 1 heterocycles. The predicted molar refractivity (Wildman–Crippen MR) is 188 cm³/mol. The zero-order valence-electron chi connectivity index (χ0n) is 27.2. The van der Waals surface area contributed by atoms with Crippen LogP contribution in [0.4, 0.5) is 11.4 Å². The lowest BCUT2D eigenvalue weighted by Gasteiger charge is -2.39. The molecule has 0 radical (unpaired) electrons. The van der Waals surface area contributed by atoms with Crippen LogP contribution in [0.5, 0.6) is 0 Å². The van der Waals surface area contributed by atoms with Crippen molar-refractivity contribution < 1.29 is 19.3 Å². The second-order valence-electron chi connectivity index (χ2n) is 13.4. The number of aryl methyl sites for hydroxylation is 3. The quantitative estimate of drug-likeness (QED) is 0.107. The van der Waals surface area contributed by atoms with Gasteiger partial charge in [0, 0.05) is 6.07 Å². The first-order valence-corrected chi connectivity index (χ1v) is 16.3. The zero-order valence-corrected chi connectivity index (χ0v) is 27.2. The summed E-state index contributed by atoms with van der Waals surface area (Å²) in [5.41, 5.74) is 3.20.